The van der Waals surface area contributed by atoms with Gasteiger partial charge in [-0.25, -0.2) is 0 Å². The van der Waals surface area contributed by atoms with Gasteiger partial charge in [0, 0.05) is 0 Å². The van der Waals surface area contributed by atoms with Crippen molar-refractivity contribution in [2.24, 2.45) is 11.3 Å². The SMILES string of the molecule is CC(C)=C1CCC2=C[C@@H](O)C[C@H](C)[C@@]2(C)C1. The molecule has 0 heterocycles. The Labute approximate surface area is 99.3 Å². The lowest BCUT2D eigenvalue weighted by molar-refractivity contribution is 0.111. The molecule has 0 aromatic carbocycles. The van der Waals surface area contributed by atoms with Crippen molar-refractivity contribution in [3.05, 3.63) is 22.8 Å². The number of hydrogen-bond donors (Lipinski definition) is 1. The summed E-state index contributed by atoms with van der Waals surface area (Å²) in [7, 11) is 0. The van der Waals surface area contributed by atoms with Gasteiger partial charge in [0.15, 0.2) is 0 Å². The third-order valence-electron chi connectivity index (χ3n) is 4.79. The molecule has 2 rings (SSSR count). The van der Waals surface area contributed by atoms with Gasteiger partial charge in [0.05, 0.1) is 6.10 Å². The largest absolute Gasteiger partial charge is 0.389 e. The van der Waals surface area contributed by atoms with Crippen LogP contribution >= 0.6 is 0 Å². The van der Waals surface area contributed by atoms with Crippen LogP contribution in [-0.2, 0) is 0 Å². The highest BCUT2D eigenvalue weighted by molar-refractivity contribution is 5.30. The predicted octanol–water partition coefficient (Wildman–Crippen LogP) is 3.84. The molecule has 2 aliphatic rings. The lowest BCUT2D eigenvalue weighted by Crippen LogP contribution is -2.37. The molecule has 3 atom stereocenters. The molecular formula is C15H24O. The normalized spacial score (nSPS) is 39.1. The quantitative estimate of drug-likeness (QED) is 0.615. The minimum Gasteiger partial charge on any atom is -0.389 e. The zero-order valence-electron chi connectivity index (χ0n) is 11.0. The lowest BCUT2D eigenvalue weighted by Gasteiger charge is -2.46. The highest BCUT2D eigenvalue weighted by Crippen LogP contribution is 2.52. The zero-order chi connectivity index (χ0) is 11.9. The van der Waals surface area contributed by atoms with E-state index in [9.17, 15) is 5.11 Å². The van der Waals surface area contributed by atoms with E-state index in [1.165, 1.54) is 24.0 Å². The molecule has 1 fully saturated rings. The smallest absolute Gasteiger partial charge is 0.0726 e. The molecule has 1 N–H and O–H groups in total. The summed E-state index contributed by atoms with van der Waals surface area (Å²) in [4.78, 5) is 0. The van der Waals surface area contributed by atoms with Crippen LogP contribution in [0, 0.1) is 11.3 Å². The van der Waals surface area contributed by atoms with Crippen LogP contribution < -0.4 is 0 Å². The van der Waals surface area contributed by atoms with Gasteiger partial charge in [-0.05, 0) is 50.9 Å². The maximum absolute atomic E-state index is 9.82. The van der Waals surface area contributed by atoms with Crippen molar-refractivity contribution in [1.82, 2.24) is 0 Å². The van der Waals surface area contributed by atoms with E-state index in [1.807, 2.05) is 0 Å². The molecule has 0 radical (unpaired) electrons. The first-order valence-corrected chi connectivity index (χ1v) is 6.48. The maximum Gasteiger partial charge on any atom is 0.0726 e. The van der Waals surface area contributed by atoms with Gasteiger partial charge in [0.1, 0.15) is 0 Å². The van der Waals surface area contributed by atoms with Crippen LogP contribution in [0.2, 0.25) is 0 Å². The fourth-order valence-corrected chi connectivity index (χ4v) is 3.33. The average Bonchev–Trinajstić information content (AvgIpc) is 2.19. The zero-order valence-corrected chi connectivity index (χ0v) is 11.0. The first kappa shape index (κ1) is 11.9. The van der Waals surface area contributed by atoms with Crippen molar-refractivity contribution >= 4 is 0 Å². The second-order valence-electron chi connectivity index (χ2n) is 6.09. The molecule has 16 heavy (non-hydrogen) atoms. The van der Waals surface area contributed by atoms with Crippen molar-refractivity contribution in [2.45, 2.75) is 59.5 Å². The highest BCUT2D eigenvalue weighted by Gasteiger charge is 2.41. The minimum atomic E-state index is -0.202. The third-order valence-corrected chi connectivity index (χ3v) is 4.79. The first-order valence-electron chi connectivity index (χ1n) is 6.48. The second-order valence-corrected chi connectivity index (χ2v) is 6.09. The molecule has 1 saturated carbocycles. The molecule has 90 valence electrons. The van der Waals surface area contributed by atoms with Crippen molar-refractivity contribution in [1.29, 1.82) is 0 Å². The van der Waals surface area contributed by atoms with Gasteiger partial charge in [-0.2, -0.15) is 0 Å². The van der Waals surface area contributed by atoms with Gasteiger partial charge < -0.3 is 5.11 Å². The molecule has 0 aliphatic heterocycles. The summed E-state index contributed by atoms with van der Waals surface area (Å²) in [5, 5.41) is 9.82. The standard InChI is InChI=1S/C15H24O/c1-10(2)12-5-6-13-8-14(16)7-11(3)15(13,4)9-12/h8,11,14,16H,5-7,9H2,1-4H3/t11-,14-,15+/m0/s1. The molecule has 0 unspecified atom stereocenters. The second kappa shape index (κ2) is 4.03. The fraction of sp³-hybridized carbons (Fsp3) is 0.733. The predicted molar refractivity (Wildman–Crippen MR) is 68.2 cm³/mol. The monoisotopic (exact) mass is 220 g/mol. The Morgan fingerprint density at radius 2 is 2.06 bits per heavy atom. The van der Waals surface area contributed by atoms with Crippen LogP contribution in [0.4, 0.5) is 0 Å². The molecule has 0 aromatic heterocycles. The van der Waals surface area contributed by atoms with E-state index in [2.05, 4.69) is 33.8 Å². The van der Waals surface area contributed by atoms with Crippen LogP contribution in [0.3, 0.4) is 0 Å². The Balaban J connectivity index is 2.34. The average molecular weight is 220 g/mol. The van der Waals surface area contributed by atoms with E-state index >= 15 is 0 Å². The number of fused-ring (bicyclic) bond motifs is 1. The molecule has 2 aliphatic carbocycles. The lowest BCUT2D eigenvalue weighted by atomic mass is 9.59. The van der Waals surface area contributed by atoms with Crippen LogP contribution in [0.15, 0.2) is 22.8 Å². The Hall–Kier alpha value is -0.560. The van der Waals surface area contributed by atoms with E-state index < -0.39 is 0 Å². The molecule has 0 bridgehead atoms. The van der Waals surface area contributed by atoms with Crippen molar-refractivity contribution in [3.63, 3.8) is 0 Å². The van der Waals surface area contributed by atoms with Crippen molar-refractivity contribution < 1.29 is 5.11 Å². The maximum atomic E-state index is 9.82. The number of aliphatic hydroxyl groups excluding tert-OH is 1. The van der Waals surface area contributed by atoms with Gasteiger partial charge in [0.25, 0.3) is 0 Å². The topological polar surface area (TPSA) is 20.2 Å². The van der Waals surface area contributed by atoms with E-state index in [1.54, 1.807) is 5.57 Å². The third kappa shape index (κ3) is 1.86. The summed E-state index contributed by atoms with van der Waals surface area (Å²) in [6.45, 7) is 9.15. The number of rotatable bonds is 0. The minimum absolute atomic E-state index is 0.202. The van der Waals surface area contributed by atoms with Crippen molar-refractivity contribution in [3.8, 4) is 0 Å². The van der Waals surface area contributed by atoms with Gasteiger partial charge in [-0.1, -0.05) is 36.6 Å². The van der Waals surface area contributed by atoms with Gasteiger partial charge in [-0.15, -0.1) is 0 Å². The van der Waals surface area contributed by atoms with Crippen LogP contribution in [0.5, 0.6) is 0 Å². The fourth-order valence-electron chi connectivity index (χ4n) is 3.33. The van der Waals surface area contributed by atoms with Crippen LogP contribution in [0.1, 0.15) is 53.4 Å². The molecule has 0 aromatic rings. The first-order chi connectivity index (χ1) is 7.43. The molecule has 1 nitrogen and oxygen atoms in total. The van der Waals surface area contributed by atoms with Crippen molar-refractivity contribution in [2.75, 3.05) is 0 Å². The van der Waals surface area contributed by atoms with Gasteiger partial charge in [0.2, 0.25) is 0 Å². The molecule has 1 heteroatoms. The number of allylic oxidation sites excluding steroid dienone is 3. The Kier molecular flexibility index (Phi) is 3.00. The molecule has 0 amide bonds. The number of aliphatic hydroxyl groups is 1. The molecule has 0 spiro atoms. The highest BCUT2D eigenvalue weighted by atomic mass is 16.3. The summed E-state index contributed by atoms with van der Waals surface area (Å²) >= 11 is 0. The summed E-state index contributed by atoms with van der Waals surface area (Å²) in [5.41, 5.74) is 4.95. The Morgan fingerprint density at radius 3 is 2.69 bits per heavy atom. The van der Waals surface area contributed by atoms with Crippen LogP contribution in [-0.4, -0.2) is 11.2 Å². The number of hydrogen-bond acceptors (Lipinski definition) is 1. The van der Waals surface area contributed by atoms with Gasteiger partial charge in [-0.3, -0.25) is 0 Å². The summed E-state index contributed by atoms with van der Waals surface area (Å²) in [6.07, 6.45) is 6.40. The van der Waals surface area contributed by atoms with E-state index in [0.717, 1.165) is 12.8 Å². The van der Waals surface area contributed by atoms with Gasteiger partial charge >= 0.3 is 0 Å². The van der Waals surface area contributed by atoms with Crippen LogP contribution in [0.25, 0.3) is 0 Å². The summed E-state index contributed by atoms with van der Waals surface area (Å²) in [5.74, 6) is 0.595. The molecular weight excluding hydrogens is 196 g/mol. The Bertz CT molecular complexity index is 346. The van der Waals surface area contributed by atoms with E-state index in [4.69, 9.17) is 0 Å². The summed E-state index contributed by atoms with van der Waals surface area (Å²) < 4.78 is 0. The molecule has 0 saturated heterocycles. The van der Waals surface area contributed by atoms with E-state index in [-0.39, 0.29) is 6.10 Å². The Morgan fingerprint density at radius 1 is 1.38 bits per heavy atom. The summed E-state index contributed by atoms with van der Waals surface area (Å²) in [6, 6.07) is 0. The van der Waals surface area contributed by atoms with E-state index in [0.29, 0.717) is 11.3 Å².